The number of anilines is 1. The number of ether oxygens (including phenoxy) is 4. The third kappa shape index (κ3) is 6.27. The number of hydrogen-bond acceptors (Lipinski definition) is 6. The second kappa shape index (κ2) is 10.9. The van der Waals surface area contributed by atoms with Crippen LogP contribution >= 0.6 is 0 Å². The van der Waals surface area contributed by atoms with Gasteiger partial charge in [0, 0.05) is 6.08 Å². The molecule has 1 N–H and O–H groups in total. The lowest BCUT2D eigenvalue weighted by Gasteiger charge is -2.15. The number of nitrogens with one attached hydrogen (secondary N) is 1. The molecule has 0 unspecified atom stereocenters. The van der Waals surface area contributed by atoms with Crippen LogP contribution in [-0.2, 0) is 14.3 Å². The molecule has 0 aliphatic heterocycles. The first-order chi connectivity index (χ1) is 14.4. The van der Waals surface area contributed by atoms with Crippen LogP contribution in [0.15, 0.2) is 42.5 Å². The van der Waals surface area contributed by atoms with E-state index in [1.807, 2.05) is 19.9 Å². The van der Waals surface area contributed by atoms with Crippen molar-refractivity contribution in [3.8, 4) is 17.2 Å². The van der Waals surface area contributed by atoms with E-state index in [2.05, 4.69) is 5.32 Å². The van der Waals surface area contributed by atoms with Gasteiger partial charge in [-0.05, 0) is 62.2 Å². The first kappa shape index (κ1) is 22.8. The molecule has 0 spiro atoms. The second-order valence-electron chi connectivity index (χ2n) is 6.45. The third-order valence-electron chi connectivity index (χ3n) is 4.17. The highest BCUT2D eigenvalue weighted by Gasteiger charge is 2.18. The minimum absolute atomic E-state index is 0.455. The molecule has 7 heteroatoms. The summed E-state index contributed by atoms with van der Waals surface area (Å²) < 4.78 is 21.2. The maximum absolute atomic E-state index is 12.4. The third-order valence-corrected chi connectivity index (χ3v) is 4.17. The first-order valence-electron chi connectivity index (χ1n) is 9.53. The zero-order valence-corrected chi connectivity index (χ0v) is 17.9. The van der Waals surface area contributed by atoms with Crippen molar-refractivity contribution in [3.05, 3.63) is 53.6 Å². The summed E-state index contributed by atoms with van der Waals surface area (Å²) in [5, 5.41) is 2.72. The highest BCUT2D eigenvalue weighted by Crippen LogP contribution is 2.28. The van der Waals surface area contributed by atoms with Crippen LogP contribution in [0.4, 0.5) is 5.69 Å². The number of amides is 1. The summed E-state index contributed by atoms with van der Waals surface area (Å²) in [6.45, 7) is 5.81. The number of carbonyl (C=O) groups is 2. The van der Waals surface area contributed by atoms with Gasteiger partial charge in [0.1, 0.15) is 5.75 Å². The number of rotatable bonds is 9. The molecule has 0 aromatic heterocycles. The van der Waals surface area contributed by atoms with Crippen molar-refractivity contribution < 1.29 is 28.5 Å². The summed E-state index contributed by atoms with van der Waals surface area (Å²) in [6, 6.07) is 10.7. The number of methoxy groups -OCH3 is 2. The van der Waals surface area contributed by atoms with E-state index in [4.69, 9.17) is 18.9 Å². The molecule has 0 heterocycles. The summed E-state index contributed by atoms with van der Waals surface area (Å²) in [4.78, 5) is 24.5. The van der Waals surface area contributed by atoms with Crippen molar-refractivity contribution in [2.75, 3.05) is 26.1 Å². The topological polar surface area (TPSA) is 83.1 Å². The Morgan fingerprint density at radius 3 is 2.40 bits per heavy atom. The van der Waals surface area contributed by atoms with Gasteiger partial charge in [0.25, 0.3) is 5.91 Å². The Labute approximate surface area is 176 Å². The van der Waals surface area contributed by atoms with Gasteiger partial charge in [0.2, 0.25) is 0 Å². The molecule has 160 valence electrons. The molecule has 0 bridgehead atoms. The van der Waals surface area contributed by atoms with Gasteiger partial charge >= 0.3 is 5.97 Å². The predicted molar refractivity (Wildman–Crippen MR) is 115 cm³/mol. The van der Waals surface area contributed by atoms with Crippen molar-refractivity contribution >= 4 is 23.6 Å². The highest BCUT2D eigenvalue weighted by molar-refractivity contribution is 5.97. The zero-order chi connectivity index (χ0) is 22.1. The lowest BCUT2D eigenvalue weighted by Crippen LogP contribution is -2.29. The van der Waals surface area contributed by atoms with E-state index in [0.29, 0.717) is 29.5 Å². The standard InChI is InChI=1S/C23H27NO6/c1-6-29-20-11-8-17(14-21(20)28-5)9-12-22(25)30-16(3)23(26)24-18-13-15(2)7-10-19(18)27-4/h7-14,16H,6H2,1-5H3,(H,24,26)/b12-9+/t16-/m0/s1. The lowest BCUT2D eigenvalue weighted by molar-refractivity contribution is -0.148. The summed E-state index contributed by atoms with van der Waals surface area (Å²) in [6.07, 6.45) is 1.85. The molecule has 7 nitrogen and oxygen atoms in total. The number of esters is 1. The van der Waals surface area contributed by atoms with E-state index in [1.165, 1.54) is 20.1 Å². The molecule has 0 aliphatic carbocycles. The van der Waals surface area contributed by atoms with E-state index in [-0.39, 0.29) is 0 Å². The van der Waals surface area contributed by atoms with Gasteiger partial charge in [0.15, 0.2) is 17.6 Å². The SMILES string of the molecule is CCOc1ccc(/C=C/C(=O)O[C@@H](C)C(=O)Nc2cc(C)ccc2OC)cc1OC. The molecule has 30 heavy (non-hydrogen) atoms. The van der Waals surface area contributed by atoms with Crippen LogP contribution in [0.25, 0.3) is 6.08 Å². The molecule has 0 saturated carbocycles. The van der Waals surface area contributed by atoms with Gasteiger partial charge in [-0.25, -0.2) is 4.79 Å². The average Bonchev–Trinajstić information content (AvgIpc) is 2.73. The Kier molecular flexibility index (Phi) is 8.29. The van der Waals surface area contributed by atoms with Gasteiger partial charge in [-0.1, -0.05) is 12.1 Å². The Bertz CT molecular complexity index is 922. The highest BCUT2D eigenvalue weighted by atomic mass is 16.5. The minimum atomic E-state index is -0.984. The number of hydrogen-bond donors (Lipinski definition) is 1. The van der Waals surface area contributed by atoms with Gasteiger partial charge in [-0.2, -0.15) is 0 Å². The maximum atomic E-state index is 12.4. The smallest absolute Gasteiger partial charge is 0.331 e. The summed E-state index contributed by atoms with van der Waals surface area (Å²) in [5.41, 5.74) is 2.21. The first-order valence-corrected chi connectivity index (χ1v) is 9.53. The fourth-order valence-electron chi connectivity index (χ4n) is 2.65. The van der Waals surface area contributed by atoms with Gasteiger partial charge in [-0.3, -0.25) is 4.79 Å². The Morgan fingerprint density at radius 2 is 1.73 bits per heavy atom. The Balaban J connectivity index is 1.98. The normalized spacial score (nSPS) is 11.6. The van der Waals surface area contributed by atoms with Crippen LogP contribution in [0, 0.1) is 6.92 Å². The number of benzene rings is 2. The van der Waals surface area contributed by atoms with Crippen molar-refractivity contribution in [1.82, 2.24) is 0 Å². The van der Waals surface area contributed by atoms with Crippen molar-refractivity contribution in [1.29, 1.82) is 0 Å². The molecule has 0 radical (unpaired) electrons. The fraction of sp³-hybridized carbons (Fsp3) is 0.304. The van der Waals surface area contributed by atoms with Gasteiger partial charge in [-0.15, -0.1) is 0 Å². The quantitative estimate of drug-likeness (QED) is 0.494. The molecular weight excluding hydrogens is 386 g/mol. The fourth-order valence-corrected chi connectivity index (χ4v) is 2.65. The van der Waals surface area contributed by atoms with E-state index in [1.54, 1.807) is 43.5 Å². The summed E-state index contributed by atoms with van der Waals surface area (Å²) in [5.74, 6) is 0.616. The van der Waals surface area contributed by atoms with Crippen LogP contribution in [-0.4, -0.2) is 38.8 Å². The predicted octanol–water partition coefficient (Wildman–Crippen LogP) is 3.99. The van der Waals surface area contributed by atoms with Crippen molar-refractivity contribution in [2.24, 2.45) is 0 Å². The largest absolute Gasteiger partial charge is 0.495 e. The molecular formula is C23H27NO6. The Hall–Kier alpha value is -3.48. The summed E-state index contributed by atoms with van der Waals surface area (Å²) in [7, 11) is 3.06. The van der Waals surface area contributed by atoms with Crippen LogP contribution in [0.2, 0.25) is 0 Å². The lowest BCUT2D eigenvalue weighted by atomic mass is 10.2. The molecule has 1 amide bonds. The average molecular weight is 413 g/mol. The van der Waals surface area contributed by atoms with Crippen molar-refractivity contribution in [3.63, 3.8) is 0 Å². The second-order valence-corrected chi connectivity index (χ2v) is 6.45. The van der Waals surface area contributed by atoms with E-state index in [9.17, 15) is 9.59 Å². The van der Waals surface area contributed by atoms with E-state index < -0.39 is 18.0 Å². The molecule has 2 aromatic carbocycles. The van der Waals surface area contributed by atoms with Crippen LogP contribution < -0.4 is 19.5 Å². The molecule has 0 aliphatic rings. The van der Waals surface area contributed by atoms with Gasteiger partial charge < -0.3 is 24.3 Å². The monoisotopic (exact) mass is 413 g/mol. The maximum Gasteiger partial charge on any atom is 0.331 e. The van der Waals surface area contributed by atoms with E-state index in [0.717, 1.165) is 11.1 Å². The van der Waals surface area contributed by atoms with E-state index >= 15 is 0 Å². The number of aryl methyl sites for hydroxylation is 1. The van der Waals surface area contributed by atoms with Crippen LogP contribution in [0.3, 0.4) is 0 Å². The van der Waals surface area contributed by atoms with Gasteiger partial charge in [0.05, 0.1) is 26.5 Å². The Morgan fingerprint density at radius 1 is 1.03 bits per heavy atom. The van der Waals surface area contributed by atoms with Crippen LogP contribution in [0.1, 0.15) is 25.0 Å². The molecule has 0 saturated heterocycles. The van der Waals surface area contributed by atoms with Crippen LogP contribution in [0.5, 0.6) is 17.2 Å². The molecule has 2 aromatic rings. The summed E-state index contributed by atoms with van der Waals surface area (Å²) >= 11 is 0. The zero-order valence-electron chi connectivity index (χ0n) is 17.9. The molecule has 1 atom stereocenters. The molecule has 2 rings (SSSR count). The van der Waals surface area contributed by atoms with Crippen molar-refractivity contribution in [2.45, 2.75) is 26.9 Å². The molecule has 0 fully saturated rings. The number of carbonyl (C=O) groups excluding carboxylic acids is 2. The minimum Gasteiger partial charge on any atom is -0.495 e.